The summed E-state index contributed by atoms with van der Waals surface area (Å²) in [5.41, 5.74) is 5.72. The first kappa shape index (κ1) is 24.7. The molecule has 3 aromatic rings. The second-order valence-electron chi connectivity index (χ2n) is 9.45. The second-order valence-corrected chi connectivity index (χ2v) is 9.84. The number of ether oxygens (including phenoxy) is 2. The minimum Gasteiger partial charge on any atom is -0.495 e. The summed E-state index contributed by atoms with van der Waals surface area (Å²) in [7, 11) is 1.71. The summed E-state index contributed by atoms with van der Waals surface area (Å²) in [5.74, 6) is 0.799. The molecule has 2 fully saturated rings. The number of hydrogen-bond acceptors (Lipinski definition) is 5. The molecule has 1 aromatic carbocycles. The van der Waals surface area contributed by atoms with Crippen molar-refractivity contribution in [2.75, 3.05) is 44.9 Å². The van der Waals surface area contributed by atoms with Crippen molar-refractivity contribution in [2.24, 2.45) is 0 Å². The quantitative estimate of drug-likeness (QED) is 0.455. The van der Waals surface area contributed by atoms with Crippen LogP contribution in [0, 0.1) is 13.8 Å². The maximum absolute atomic E-state index is 5.92. The number of nitrogens with one attached hydrogen (secondary N) is 1. The van der Waals surface area contributed by atoms with Gasteiger partial charge in [0.2, 0.25) is 0 Å². The number of benzene rings is 1. The molecule has 2 aromatic heterocycles. The molecule has 0 bridgehead atoms. The topological polar surface area (TPSA) is 54.8 Å². The van der Waals surface area contributed by atoms with E-state index in [4.69, 9.17) is 26.7 Å². The van der Waals surface area contributed by atoms with Crippen LogP contribution in [-0.2, 0) is 11.3 Å². The van der Waals surface area contributed by atoms with Crippen LogP contribution >= 0.6 is 12.2 Å². The molecule has 1 N–H and O–H groups in total. The van der Waals surface area contributed by atoms with Crippen LogP contribution in [0.15, 0.2) is 54.7 Å². The first-order valence-electron chi connectivity index (χ1n) is 12.7. The van der Waals surface area contributed by atoms with Crippen molar-refractivity contribution in [3.63, 3.8) is 0 Å². The van der Waals surface area contributed by atoms with E-state index in [1.807, 2.05) is 36.5 Å². The average Bonchev–Trinajstić information content (AvgIpc) is 3.40. The third-order valence-electron chi connectivity index (χ3n) is 7.33. The summed E-state index contributed by atoms with van der Waals surface area (Å²) in [6, 6.07) is 16.3. The molecule has 0 saturated carbocycles. The summed E-state index contributed by atoms with van der Waals surface area (Å²) in [5, 5.41) is 4.25. The van der Waals surface area contributed by atoms with Crippen LogP contribution < -0.4 is 15.0 Å². The number of methoxy groups -OCH3 is 1. The van der Waals surface area contributed by atoms with Crippen molar-refractivity contribution >= 4 is 23.0 Å². The van der Waals surface area contributed by atoms with Gasteiger partial charge in [-0.15, -0.1) is 0 Å². The van der Waals surface area contributed by atoms with Crippen molar-refractivity contribution in [1.82, 2.24) is 19.8 Å². The number of thiocarbonyl (C=S) groups is 1. The third kappa shape index (κ3) is 4.85. The summed E-state index contributed by atoms with van der Waals surface area (Å²) in [6.45, 7) is 10.3. The lowest BCUT2D eigenvalue weighted by atomic mass is 9.96. The van der Waals surface area contributed by atoms with Crippen LogP contribution in [0.4, 0.5) is 5.69 Å². The predicted molar refractivity (Wildman–Crippen MR) is 147 cm³/mol. The molecule has 2 atom stereocenters. The molecule has 8 heteroatoms. The fourth-order valence-electron chi connectivity index (χ4n) is 5.51. The number of hydrogen-bond donors (Lipinski definition) is 1. The van der Waals surface area contributed by atoms with Crippen LogP contribution in [-0.4, -0.2) is 59.5 Å². The van der Waals surface area contributed by atoms with E-state index in [1.54, 1.807) is 7.11 Å². The van der Waals surface area contributed by atoms with Gasteiger partial charge in [0, 0.05) is 43.8 Å². The second kappa shape index (κ2) is 11.0. The molecule has 7 nitrogen and oxygen atoms in total. The van der Waals surface area contributed by atoms with E-state index in [2.05, 4.69) is 51.7 Å². The Morgan fingerprint density at radius 3 is 2.61 bits per heavy atom. The number of morpholine rings is 1. The van der Waals surface area contributed by atoms with E-state index in [1.165, 1.54) is 17.0 Å². The van der Waals surface area contributed by atoms with Crippen molar-refractivity contribution in [1.29, 1.82) is 0 Å². The highest BCUT2D eigenvalue weighted by Gasteiger charge is 2.43. The molecular weight excluding hydrogens is 470 g/mol. The number of nitrogens with zero attached hydrogens (tertiary/aromatic N) is 4. The Labute approximate surface area is 219 Å². The van der Waals surface area contributed by atoms with Crippen LogP contribution in [0.5, 0.6) is 5.75 Å². The van der Waals surface area contributed by atoms with Gasteiger partial charge in [0.05, 0.1) is 43.8 Å². The van der Waals surface area contributed by atoms with Gasteiger partial charge in [0.1, 0.15) is 5.75 Å². The van der Waals surface area contributed by atoms with Crippen LogP contribution in [0.25, 0.3) is 0 Å². The zero-order valence-electron chi connectivity index (χ0n) is 21.3. The minimum atomic E-state index is -0.0779. The van der Waals surface area contributed by atoms with E-state index >= 15 is 0 Å². The minimum absolute atomic E-state index is 0.0529. The van der Waals surface area contributed by atoms with Gasteiger partial charge in [0.15, 0.2) is 5.11 Å². The molecular formula is C28H35N5O2S. The Hall–Kier alpha value is -2.94. The summed E-state index contributed by atoms with van der Waals surface area (Å²) in [6.07, 6.45) is 2.95. The van der Waals surface area contributed by atoms with Crippen LogP contribution in [0.1, 0.15) is 41.1 Å². The fraction of sp³-hybridized carbons (Fsp3) is 0.429. The lowest BCUT2D eigenvalue weighted by molar-refractivity contribution is 0.0369. The summed E-state index contributed by atoms with van der Waals surface area (Å²) >= 11 is 5.92. The molecule has 0 amide bonds. The molecule has 2 aliphatic heterocycles. The van der Waals surface area contributed by atoms with Gasteiger partial charge in [0.25, 0.3) is 0 Å². The SMILES string of the molecule is COc1ccccc1N1C(=S)N[C@@H](c2ccccn2)[C@@H]1c1cc(C)n(CCCN2CCOCC2)c1C. The van der Waals surface area contributed by atoms with E-state index in [0.29, 0.717) is 5.11 Å². The highest BCUT2D eigenvalue weighted by Crippen LogP contribution is 2.45. The summed E-state index contributed by atoms with van der Waals surface area (Å²) in [4.78, 5) is 9.40. The largest absolute Gasteiger partial charge is 0.495 e. The van der Waals surface area contributed by atoms with Crippen LogP contribution in [0.3, 0.4) is 0 Å². The van der Waals surface area contributed by atoms with E-state index in [-0.39, 0.29) is 12.1 Å². The third-order valence-corrected chi connectivity index (χ3v) is 7.65. The average molecular weight is 506 g/mol. The lowest BCUT2D eigenvalue weighted by Crippen LogP contribution is -2.37. The molecule has 4 heterocycles. The predicted octanol–water partition coefficient (Wildman–Crippen LogP) is 4.41. The number of pyridine rings is 1. The monoisotopic (exact) mass is 505 g/mol. The Morgan fingerprint density at radius 2 is 1.86 bits per heavy atom. The molecule has 5 rings (SSSR count). The fourth-order valence-corrected chi connectivity index (χ4v) is 5.85. The molecule has 36 heavy (non-hydrogen) atoms. The zero-order chi connectivity index (χ0) is 25.1. The number of aromatic nitrogens is 2. The maximum Gasteiger partial charge on any atom is 0.174 e. The standard InChI is InChI=1S/C28H35N5O2S/c1-20-19-22(21(2)32(20)14-8-13-31-15-17-35-18-16-31)27-26(23-9-6-7-12-29-23)30-28(36)33(27)24-10-4-5-11-25(24)34-3/h4-7,9-12,19,26-27H,8,13-18H2,1-3H3,(H,30,36)/t26-,27-/m0/s1. The van der Waals surface area contributed by atoms with Gasteiger partial charge >= 0.3 is 0 Å². The number of anilines is 1. The first-order chi connectivity index (χ1) is 17.6. The van der Waals surface area contributed by atoms with Gasteiger partial charge in [-0.25, -0.2) is 0 Å². The Bertz CT molecular complexity index is 1190. The summed E-state index contributed by atoms with van der Waals surface area (Å²) < 4.78 is 13.7. The lowest BCUT2D eigenvalue weighted by Gasteiger charge is -2.29. The van der Waals surface area contributed by atoms with E-state index < -0.39 is 0 Å². The number of para-hydroxylation sites is 2. The zero-order valence-corrected chi connectivity index (χ0v) is 22.1. The Kier molecular flexibility index (Phi) is 7.55. The number of rotatable bonds is 8. The van der Waals surface area contributed by atoms with Crippen LogP contribution in [0.2, 0.25) is 0 Å². The Balaban J connectivity index is 1.49. The number of aryl methyl sites for hydroxylation is 1. The van der Waals surface area contributed by atoms with E-state index in [9.17, 15) is 0 Å². The first-order valence-corrected chi connectivity index (χ1v) is 13.1. The molecule has 2 aliphatic rings. The van der Waals surface area contributed by atoms with Gasteiger partial charge in [-0.05, 0) is 68.4 Å². The molecule has 0 radical (unpaired) electrons. The Morgan fingerprint density at radius 1 is 1.08 bits per heavy atom. The van der Waals surface area contributed by atoms with Gasteiger partial charge in [-0.1, -0.05) is 18.2 Å². The van der Waals surface area contributed by atoms with Gasteiger partial charge in [-0.3, -0.25) is 9.88 Å². The van der Waals surface area contributed by atoms with Crippen molar-refractivity contribution < 1.29 is 9.47 Å². The van der Waals surface area contributed by atoms with Crippen molar-refractivity contribution in [3.05, 3.63) is 77.4 Å². The molecule has 2 saturated heterocycles. The molecule has 0 spiro atoms. The van der Waals surface area contributed by atoms with Crippen molar-refractivity contribution in [2.45, 2.75) is 38.9 Å². The molecule has 190 valence electrons. The highest BCUT2D eigenvalue weighted by molar-refractivity contribution is 7.80. The van der Waals surface area contributed by atoms with Crippen molar-refractivity contribution in [3.8, 4) is 5.75 Å². The normalized spacial score (nSPS) is 20.5. The maximum atomic E-state index is 5.92. The van der Waals surface area contributed by atoms with Gasteiger partial charge in [-0.2, -0.15) is 0 Å². The molecule has 0 aliphatic carbocycles. The molecule has 0 unspecified atom stereocenters. The highest BCUT2D eigenvalue weighted by atomic mass is 32.1. The van der Waals surface area contributed by atoms with E-state index in [0.717, 1.165) is 62.9 Å². The van der Waals surface area contributed by atoms with Gasteiger partial charge < -0.3 is 24.3 Å². The smallest absolute Gasteiger partial charge is 0.174 e.